The van der Waals surface area contributed by atoms with Crippen molar-refractivity contribution in [1.82, 2.24) is 15.0 Å². The van der Waals surface area contributed by atoms with Gasteiger partial charge in [-0.1, -0.05) is 72.3 Å². The van der Waals surface area contributed by atoms with Crippen LogP contribution in [-0.4, -0.2) is 15.0 Å². The van der Waals surface area contributed by atoms with Gasteiger partial charge in [0.1, 0.15) is 17.0 Å². The van der Waals surface area contributed by atoms with E-state index in [4.69, 9.17) is 26.0 Å². The Hall–Kier alpha value is -4.09. The van der Waals surface area contributed by atoms with Crippen molar-refractivity contribution < 1.29 is 8.81 Å². The molecule has 0 N–H and O–H groups in total. The maximum Gasteiger partial charge on any atom is 0.167 e. The molecule has 0 unspecified atom stereocenters. The molecule has 0 fully saturated rings. The Morgan fingerprint density at radius 2 is 1.33 bits per heavy atom. The standard InChI is InChI=1S/C27H15ClFN3O/c28-21-15-17(13-14-22(21)29)26-30-25(16-7-2-1-3-8-16)31-27(32-26)20-11-6-10-19-18-9-4-5-12-23(18)33-24(19)20/h1-15H. The van der Waals surface area contributed by atoms with Gasteiger partial charge in [-0.2, -0.15) is 0 Å². The summed E-state index contributed by atoms with van der Waals surface area (Å²) in [6, 6.07) is 27.9. The average Bonchev–Trinajstić information content (AvgIpc) is 3.25. The smallest absolute Gasteiger partial charge is 0.167 e. The van der Waals surface area contributed by atoms with Crippen LogP contribution in [0.2, 0.25) is 5.02 Å². The van der Waals surface area contributed by atoms with Crippen LogP contribution >= 0.6 is 11.6 Å². The Morgan fingerprint density at radius 3 is 2.15 bits per heavy atom. The first kappa shape index (κ1) is 19.6. The van der Waals surface area contributed by atoms with Crippen LogP contribution in [0, 0.1) is 5.82 Å². The lowest BCUT2D eigenvalue weighted by Gasteiger charge is -2.09. The Morgan fingerprint density at radius 1 is 0.636 bits per heavy atom. The summed E-state index contributed by atoms with van der Waals surface area (Å²) in [7, 11) is 0. The normalized spacial score (nSPS) is 11.3. The molecule has 0 amide bonds. The summed E-state index contributed by atoms with van der Waals surface area (Å²) in [5, 5.41) is 2.02. The van der Waals surface area contributed by atoms with Gasteiger partial charge in [-0.15, -0.1) is 0 Å². The Bertz CT molecular complexity index is 1650. The first-order valence-corrected chi connectivity index (χ1v) is 10.7. The summed E-state index contributed by atoms with van der Waals surface area (Å²) in [5.41, 5.74) is 3.68. The van der Waals surface area contributed by atoms with Crippen molar-refractivity contribution in [2.75, 3.05) is 0 Å². The lowest BCUT2D eigenvalue weighted by atomic mass is 10.1. The second kappa shape index (κ2) is 7.80. The minimum Gasteiger partial charge on any atom is -0.455 e. The second-order valence-electron chi connectivity index (χ2n) is 7.58. The van der Waals surface area contributed by atoms with Crippen LogP contribution in [0.1, 0.15) is 0 Å². The van der Waals surface area contributed by atoms with E-state index >= 15 is 0 Å². The number of halogens is 2. The topological polar surface area (TPSA) is 51.8 Å². The summed E-state index contributed by atoms with van der Waals surface area (Å²) in [6.45, 7) is 0. The third kappa shape index (κ3) is 3.43. The number of aromatic nitrogens is 3. The molecule has 0 aliphatic rings. The van der Waals surface area contributed by atoms with Crippen molar-refractivity contribution in [2.24, 2.45) is 0 Å². The second-order valence-corrected chi connectivity index (χ2v) is 7.99. The van der Waals surface area contributed by atoms with Crippen LogP contribution in [0.4, 0.5) is 4.39 Å². The maximum absolute atomic E-state index is 13.8. The summed E-state index contributed by atoms with van der Waals surface area (Å²) in [4.78, 5) is 14.2. The van der Waals surface area contributed by atoms with E-state index in [1.807, 2.05) is 72.8 Å². The van der Waals surface area contributed by atoms with Crippen molar-refractivity contribution in [3.05, 3.63) is 102 Å². The number of para-hydroxylation sites is 2. The first-order chi connectivity index (χ1) is 16.2. The largest absolute Gasteiger partial charge is 0.455 e. The summed E-state index contributed by atoms with van der Waals surface area (Å²) >= 11 is 6.04. The molecular formula is C27H15ClFN3O. The van der Waals surface area contributed by atoms with Gasteiger partial charge in [-0.3, -0.25) is 0 Å². The molecular weight excluding hydrogens is 437 g/mol. The summed E-state index contributed by atoms with van der Waals surface area (Å²) in [6.07, 6.45) is 0. The van der Waals surface area contributed by atoms with Gasteiger partial charge in [0.2, 0.25) is 0 Å². The number of benzene rings is 4. The molecule has 4 nitrogen and oxygen atoms in total. The van der Waals surface area contributed by atoms with Crippen molar-refractivity contribution in [3.63, 3.8) is 0 Å². The molecule has 0 atom stereocenters. The van der Waals surface area contributed by atoms with Gasteiger partial charge in [0.15, 0.2) is 17.5 Å². The van der Waals surface area contributed by atoms with Gasteiger partial charge in [0.25, 0.3) is 0 Å². The highest BCUT2D eigenvalue weighted by Crippen LogP contribution is 2.35. The monoisotopic (exact) mass is 451 g/mol. The van der Waals surface area contributed by atoms with Crippen molar-refractivity contribution in [2.45, 2.75) is 0 Å². The van der Waals surface area contributed by atoms with E-state index in [2.05, 4.69) is 4.98 Å². The van der Waals surface area contributed by atoms with Gasteiger partial charge in [0.05, 0.1) is 10.6 Å². The van der Waals surface area contributed by atoms with E-state index in [9.17, 15) is 4.39 Å². The van der Waals surface area contributed by atoms with Gasteiger partial charge < -0.3 is 4.42 Å². The van der Waals surface area contributed by atoms with E-state index in [1.54, 1.807) is 6.07 Å². The zero-order valence-electron chi connectivity index (χ0n) is 17.2. The number of nitrogens with zero attached hydrogens (tertiary/aromatic N) is 3. The van der Waals surface area contributed by atoms with Crippen molar-refractivity contribution >= 4 is 33.5 Å². The maximum atomic E-state index is 13.8. The van der Waals surface area contributed by atoms with Gasteiger partial charge in [-0.25, -0.2) is 19.3 Å². The Labute approximate surface area is 193 Å². The molecule has 0 aliphatic carbocycles. The third-order valence-electron chi connectivity index (χ3n) is 5.49. The number of hydrogen-bond acceptors (Lipinski definition) is 4. The molecule has 0 bridgehead atoms. The molecule has 6 heteroatoms. The van der Waals surface area contributed by atoms with Gasteiger partial charge in [-0.05, 0) is 30.3 Å². The highest BCUT2D eigenvalue weighted by Gasteiger charge is 2.17. The van der Waals surface area contributed by atoms with E-state index < -0.39 is 5.82 Å². The number of hydrogen-bond donors (Lipinski definition) is 0. The molecule has 0 radical (unpaired) electrons. The van der Waals surface area contributed by atoms with Crippen LogP contribution in [-0.2, 0) is 0 Å². The molecule has 158 valence electrons. The molecule has 6 rings (SSSR count). The fourth-order valence-corrected chi connectivity index (χ4v) is 4.08. The van der Waals surface area contributed by atoms with E-state index in [0.29, 0.717) is 28.6 Å². The number of rotatable bonds is 3. The Balaban J connectivity index is 1.63. The lowest BCUT2D eigenvalue weighted by molar-refractivity contribution is 0.628. The molecule has 4 aromatic carbocycles. The van der Waals surface area contributed by atoms with Crippen LogP contribution in [0.5, 0.6) is 0 Å². The van der Waals surface area contributed by atoms with E-state index in [-0.39, 0.29) is 5.02 Å². The van der Waals surface area contributed by atoms with E-state index in [0.717, 1.165) is 27.5 Å². The van der Waals surface area contributed by atoms with Crippen LogP contribution < -0.4 is 0 Å². The molecule has 0 saturated carbocycles. The molecule has 33 heavy (non-hydrogen) atoms. The SMILES string of the molecule is Fc1ccc(-c2nc(-c3ccccc3)nc(-c3cccc4c3oc3ccccc34)n2)cc1Cl. The molecule has 0 saturated heterocycles. The molecule has 6 aromatic rings. The molecule has 2 heterocycles. The lowest BCUT2D eigenvalue weighted by Crippen LogP contribution is -2.00. The predicted octanol–water partition coefficient (Wildman–Crippen LogP) is 7.56. The van der Waals surface area contributed by atoms with Gasteiger partial charge >= 0.3 is 0 Å². The zero-order valence-corrected chi connectivity index (χ0v) is 17.9. The molecule has 2 aromatic heterocycles. The Kier molecular flexibility index (Phi) is 4.63. The van der Waals surface area contributed by atoms with E-state index in [1.165, 1.54) is 12.1 Å². The highest BCUT2D eigenvalue weighted by molar-refractivity contribution is 6.31. The predicted molar refractivity (Wildman–Crippen MR) is 128 cm³/mol. The quantitative estimate of drug-likeness (QED) is 0.278. The molecule has 0 aliphatic heterocycles. The fraction of sp³-hybridized carbons (Fsp3) is 0. The van der Waals surface area contributed by atoms with Crippen LogP contribution in [0.25, 0.3) is 56.1 Å². The summed E-state index contributed by atoms with van der Waals surface area (Å²) in [5.74, 6) is 0.868. The number of fused-ring (bicyclic) bond motifs is 3. The summed E-state index contributed by atoms with van der Waals surface area (Å²) < 4.78 is 20.0. The first-order valence-electron chi connectivity index (χ1n) is 10.3. The minimum atomic E-state index is -0.495. The zero-order chi connectivity index (χ0) is 22.4. The minimum absolute atomic E-state index is 0.00936. The number of furan rings is 1. The molecule has 0 spiro atoms. The fourth-order valence-electron chi connectivity index (χ4n) is 3.90. The highest BCUT2D eigenvalue weighted by atomic mass is 35.5. The van der Waals surface area contributed by atoms with Gasteiger partial charge in [0, 0.05) is 21.9 Å². The van der Waals surface area contributed by atoms with Crippen molar-refractivity contribution in [3.8, 4) is 34.2 Å². The average molecular weight is 452 g/mol. The third-order valence-corrected chi connectivity index (χ3v) is 5.78. The van der Waals surface area contributed by atoms with Crippen LogP contribution in [0.3, 0.4) is 0 Å². The van der Waals surface area contributed by atoms with Crippen molar-refractivity contribution in [1.29, 1.82) is 0 Å². The van der Waals surface area contributed by atoms with Crippen LogP contribution in [0.15, 0.2) is 95.4 Å².